The van der Waals surface area contributed by atoms with E-state index in [4.69, 9.17) is 10.7 Å². The zero-order valence-electron chi connectivity index (χ0n) is 18.5. The molecule has 2 aliphatic heterocycles. The van der Waals surface area contributed by atoms with Gasteiger partial charge < -0.3 is 5.73 Å². The molecule has 6 nitrogen and oxygen atoms in total. The quantitative estimate of drug-likeness (QED) is 0.681. The Hall–Kier alpha value is -3.95. The summed E-state index contributed by atoms with van der Waals surface area (Å²) < 4.78 is 0. The van der Waals surface area contributed by atoms with Crippen molar-refractivity contribution in [3.63, 3.8) is 0 Å². The molecule has 0 radical (unpaired) electrons. The maximum absolute atomic E-state index is 13.3. The maximum atomic E-state index is 13.3. The topological polar surface area (TPSA) is 85.7 Å². The molecule has 2 unspecified atom stereocenters. The second-order valence-electron chi connectivity index (χ2n) is 8.77. The van der Waals surface area contributed by atoms with E-state index in [0.29, 0.717) is 18.7 Å². The number of likely N-dealkylation sites (tertiary alicyclic amines) is 1. The van der Waals surface area contributed by atoms with Gasteiger partial charge in [0.2, 0.25) is 5.91 Å². The van der Waals surface area contributed by atoms with Crippen molar-refractivity contribution in [1.82, 2.24) is 9.80 Å². The fourth-order valence-electron chi connectivity index (χ4n) is 5.00. The predicted molar refractivity (Wildman–Crippen MR) is 128 cm³/mol. The summed E-state index contributed by atoms with van der Waals surface area (Å²) in [6.07, 6.45) is 0. The SMILES string of the molecule is CN1C(=O)C2CN(Cc3ccccc3)CC2(c2cccc(-c3cccc(C#N)c3)c2)N=C1N. The van der Waals surface area contributed by atoms with Gasteiger partial charge in [-0.3, -0.25) is 14.6 Å². The highest BCUT2D eigenvalue weighted by Gasteiger charge is 2.55. The number of guanidine groups is 1. The lowest BCUT2D eigenvalue weighted by molar-refractivity contribution is -0.132. The molecule has 1 amide bonds. The van der Waals surface area contributed by atoms with E-state index < -0.39 is 5.54 Å². The Kier molecular flexibility index (Phi) is 5.20. The first-order valence-corrected chi connectivity index (χ1v) is 11.0. The normalized spacial score (nSPS) is 22.5. The van der Waals surface area contributed by atoms with Crippen molar-refractivity contribution in [2.24, 2.45) is 16.6 Å². The molecule has 1 saturated heterocycles. The molecule has 1 fully saturated rings. The number of amides is 1. The zero-order valence-corrected chi connectivity index (χ0v) is 18.5. The Balaban J connectivity index is 1.57. The van der Waals surface area contributed by atoms with Gasteiger partial charge in [-0.2, -0.15) is 5.26 Å². The molecule has 33 heavy (non-hydrogen) atoms. The second-order valence-corrected chi connectivity index (χ2v) is 8.77. The first-order valence-electron chi connectivity index (χ1n) is 11.0. The molecular formula is C27H25N5O. The number of rotatable bonds is 4. The minimum Gasteiger partial charge on any atom is -0.369 e. The molecular weight excluding hydrogens is 410 g/mol. The molecule has 5 rings (SSSR count). The van der Waals surface area contributed by atoms with E-state index in [1.165, 1.54) is 10.5 Å². The minimum absolute atomic E-state index is 0.00468. The Morgan fingerprint density at radius 2 is 1.79 bits per heavy atom. The van der Waals surface area contributed by atoms with Crippen LogP contribution in [0.25, 0.3) is 11.1 Å². The van der Waals surface area contributed by atoms with Gasteiger partial charge in [-0.05, 0) is 40.5 Å². The van der Waals surface area contributed by atoms with Crippen LogP contribution in [0.4, 0.5) is 0 Å². The number of aliphatic imine (C=N–C) groups is 1. The van der Waals surface area contributed by atoms with E-state index in [0.717, 1.165) is 23.2 Å². The predicted octanol–water partition coefficient (Wildman–Crippen LogP) is 3.34. The molecule has 3 aromatic carbocycles. The van der Waals surface area contributed by atoms with Crippen LogP contribution in [0.3, 0.4) is 0 Å². The monoisotopic (exact) mass is 435 g/mol. The van der Waals surface area contributed by atoms with Crippen LogP contribution in [0.5, 0.6) is 0 Å². The van der Waals surface area contributed by atoms with Crippen LogP contribution in [0.15, 0.2) is 83.9 Å². The molecule has 2 aliphatic rings. The highest BCUT2D eigenvalue weighted by Crippen LogP contribution is 2.45. The average Bonchev–Trinajstić information content (AvgIpc) is 3.22. The first kappa shape index (κ1) is 20.9. The molecule has 3 aromatic rings. The van der Waals surface area contributed by atoms with Crippen LogP contribution in [0.1, 0.15) is 16.7 Å². The van der Waals surface area contributed by atoms with Crippen molar-refractivity contribution < 1.29 is 4.79 Å². The summed E-state index contributed by atoms with van der Waals surface area (Å²) in [4.78, 5) is 22.0. The molecule has 0 aromatic heterocycles. The summed E-state index contributed by atoms with van der Waals surface area (Å²) in [5.74, 6) is -0.0798. The van der Waals surface area contributed by atoms with Crippen LogP contribution in [-0.4, -0.2) is 41.8 Å². The number of nitrogens with two attached hydrogens (primary N) is 1. The van der Waals surface area contributed by atoms with Crippen molar-refractivity contribution in [1.29, 1.82) is 5.26 Å². The third-order valence-corrected chi connectivity index (χ3v) is 6.70. The average molecular weight is 436 g/mol. The van der Waals surface area contributed by atoms with Crippen LogP contribution in [0.2, 0.25) is 0 Å². The highest BCUT2D eigenvalue weighted by molar-refractivity contribution is 6.00. The van der Waals surface area contributed by atoms with Gasteiger partial charge in [0.05, 0.1) is 17.6 Å². The Bertz CT molecular complexity index is 1280. The van der Waals surface area contributed by atoms with Crippen molar-refractivity contribution in [3.05, 3.63) is 95.6 Å². The van der Waals surface area contributed by atoms with E-state index in [2.05, 4.69) is 29.2 Å². The third kappa shape index (κ3) is 3.67. The van der Waals surface area contributed by atoms with E-state index in [1.54, 1.807) is 13.1 Å². The van der Waals surface area contributed by atoms with Crippen molar-refractivity contribution in [2.45, 2.75) is 12.1 Å². The van der Waals surface area contributed by atoms with Gasteiger partial charge in [-0.15, -0.1) is 0 Å². The number of nitriles is 1. The van der Waals surface area contributed by atoms with Crippen LogP contribution >= 0.6 is 0 Å². The summed E-state index contributed by atoms with van der Waals surface area (Å²) in [6.45, 7) is 1.97. The second kappa shape index (κ2) is 8.19. The fourth-order valence-corrected chi connectivity index (χ4v) is 5.00. The molecule has 0 aliphatic carbocycles. The van der Waals surface area contributed by atoms with E-state index >= 15 is 0 Å². The van der Waals surface area contributed by atoms with Gasteiger partial charge >= 0.3 is 0 Å². The minimum atomic E-state index is -0.745. The Morgan fingerprint density at radius 3 is 2.55 bits per heavy atom. The van der Waals surface area contributed by atoms with Gasteiger partial charge in [0.15, 0.2) is 5.96 Å². The largest absolute Gasteiger partial charge is 0.369 e. The number of carbonyl (C=O) groups excluding carboxylic acids is 1. The first-order chi connectivity index (χ1) is 16.0. The molecule has 2 N–H and O–H groups in total. The number of carbonyl (C=O) groups is 1. The molecule has 0 bridgehead atoms. The van der Waals surface area contributed by atoms with E-state index in [-0.39, 0.29) is 17.8 Å². The van der Waals surface area contributed by atoms with Crippen LogP contribution < -0.4 is 5.73 Å². The fraction of sp³-hybridized carbons (Fsp3) is 0.222. The Morgan fingerprint density at radius 1 is 1.06 bits per heavy atom. The standard InChI is InChI=1S/C27H25N5O/c1-31-25(33)24-17-32(16-19-7-3-2-4-8-19)18-27(24,30-26(31)29)23-12-6-11-22(14-23)21-10-5-9-20(13-21)15-28/h2-14,24H,16-18H2,1H3,(H2,29,30). The number of hydrogen-bond acceptors (Lipinski definition) is 5. The lowest BCUT2D eigenvalue weighted by Gasteiger charge is -2.38. The molecule has 0 saturated carbocycles. The third-order valence-electron chi connectivity index (χ3n) is 6.70. The number of fused-ring (bicyclic) bond motifs is 1. The molecule has 2 heterocycles. The maximum Gasteiger partial charge on any atom is 0.236 e. The van der Waals surface area contributed by atoms with Crippen molar-refractivity contribution in [2.75, 3.05) is 20.1 Å². The van der Waals surface area contributed by atoms with Gasteiger partial charge in [-0.25, -0.2) is 4.99 Å². The lowest BCUT2D eigenvalue weighted by Crippen LogP contribution is -2.54. The summed E-state index contributed by atoms with van der Waals surface area (Å²) in [5.41, 5.74) is 10.2. The molecule has 0 spiro atoms. The Labute approximate surface area is 193 Å². The molecule has 6 heteroatoms. The van der Waals surface area contributed by atoms with Gasteiger partial charge in [0.25, 0.3) is 0 Å². The zero-order chi connectivity index (χ0) is 23.0. The number of benzene rings is 3. The van der Waals surface area contributed by atoms with Gasteiger partial charge in [0.1, 0.15) is 5.54 Å². The van der Waals surface area contributed by atoms with E-state index in [9.17, 15) is 10.1 Å². The van der Waals surface area contributed by atoms with Crippen LogP contribution in [0, 0.1) is 17.2 Å². The van der Waals surface area contributed by atoms with Crippen molar-refractivity contribution >= 4 is 11.9 Å². The molecule has 164 valence electrons. The van der Waals surface area contributed by atoms with Crippen molar-refractivity contribution in [3.8, 4) is 17.2 Å². The van der Waals surface area contributed by atoms with Gasteiger partial charge in [0, 0.05) is 26.7 Å². The lowest BCUT2D eigenvalue weighted by atomic mass is 9.78. The van der Waals surface area contributed by atoms with E-state index in [1.807, 2.05) is 54.6 Å². The van der Waals surface area contributed by atoms with Gasteiger partial charge in [-0.1, -0.05) is 60.7 Å². The number of nitrogens with zero attached hydrogens (tertiary/aromatic N) is 4. The van der Waals surface area contributed by atoms with Crippen LogP contribution in [-0.2, 0) is 16.9 Å². The smallest absolute Gasteiger partial charge is 0.236 e. The highest BCUT2D eigenvalue weighted by atomic mass is 16.2. The number of hydrogen-bond donors (Lipinski definition) is 1. The summed E-state index contributed by atoms with van der Waals surface area (Å²) >= 11 is 0. The summed E-state index contributed by atoms with van der Waals surface area (Å²) in [7, 11) is 1.69. The summed E-state index contributed by atoms with van der Waals surface area (Å²) in [6, 6.07) is 28.1. The molecule has 2 atom stereocenters. The summed E-state index contributed by atoms with van der Waals surface area (Å²) in [5, 5.41) is 9.29.